The molecule has 2 saturated carbocycles. The van der Waals surface area contributed by atoms with Gasteiger partial charge < -0.3 is 175 Å². The molecule has 2 aliphatic carbocycles. The monoisotopic (exact) mass is 1220 g/mol. The van der Waals surface area contributed by atoms with Crippen molar-refractivity contribution in [2.24, 2.45) is 54.7 Å². The highest BCUT2D eigenvalue weighted by Gasteiger charge is 2.63. The Labute approximate surface area is 478 Å². The molecule has 0 spiro atoms. The quantitative estimate of drug-likeness (QED) is 0.0195. The van der Waals surface area contributed by atoms with Crippen LogP contribution < -0.4 is 55.7 Å². The second-order valence-electron chi connectivity index (χ2n) is 20.8. The van der Waals surface area contributed by atoms with E-state index in [0.717, 1.165) is 12.4 Å². The maximum atomic E-state index is 12.4. The molecule has 0 aromatic heterocycles. The number of aliphatic hydroxyl groups is 14. The summed E-state index contributed by atoms with van der Waals surface area (Å²) in [5.41, 5.74) is 28.4. The molecule has 0 bridgehead atoms. The van der Waals surface area contributed by atoms with Crippen LogP contribution in [-0.2, 0) is 47.6 Å². The zero-order valence-corrected chi connectivity index (χ0v) is 45.7. The summed E-state index contributed by atoms with van der Waals surface area (Å²) in [4.78, 5) is 18.3. The molecule has 6 aliphatic rings. The van der Waals surface area contributed by atoms with Crippen molar-refractivity contribution in [1.82, 2.24) is 21.3 Å². The zero-order chi connectivity index (χ0) is 62.4. The summed E-state index contributed by atoms with van der Waals surface area (Å²) in [5, 5.41) is 189. The van der Waals surface area contributed by atoms with Gasteiger partial charge in [0.2, 0.25) is 0 Å². The number of rotatable bonds is 23. The summed E-state index contributed by atoms with van der Waals surface area (Å²) in [6.07, 6.45) is -36.2. The lowest BCUT2D eigenvalue weighted by Gasteiger charge is -2.46. The van der Waals surface area contributed by atoms with Crippen LogP contribution in [0.15, 0.2) is 20.3 Å². The zero-order valence-electron chi connectivity index (χ0n) is 45.7. The van der Waals surface area contributed by atoms with E-state index in [1.54, 1.807) is 0 Å². The van der Waals surface area contributed by atoms with E-state index in [-0.39, 0.29) is 0 Å². The summed E-state index contributed by atoms with van der Waals surface area (Å²) in [7, 11) is 2.75. The molecular weight excluding hydrogens is 1140 g/mol. The first-order valence-electron chi connectivity index (χ1n) is 26.3. The minimum atomic E-state index is -2.45. The molecule has 4 heterocycles. The van der Waals surface area contributed by atoms with Gasteiger partial charge in [-0.3, -0.25) is 10.8 Å². The summed E-state index contributed by atoms with van der Waals surface area (Å²) in [5.74, 6) is -2.62. The van der Waals surface area contributed by atoms with Crippen molar-refractivity contribution in [3.05, 3.63) is 0 Å². The predicted octanol–water partition coefficient (Wildman–Crippen LogP) is -15.3. The minimum absolute atomic E-state index is 0.478. The number of nitrogens with zero attached hydrogens (tertiary/aromatic N) is 4. The normalized spacial score (nSPS) is 46.2. The fourth-order valence-corrected chi connectivity index (χ4v) is 10.7. The molecule has 0 radical (unpaired) electrons. The van der Waals surface area contributed by atoms with Gasteiger partial charge in [0.15, 0.2) is 73.4 Å². The molecule has 4 saturated heterocycles. The summed E-state index contributed by atoms with van der Waals surface area (Å²) < 4.78 is 48.3. The molecule has 40 nitrogen and oxygen atoms in total. The van der Waals surface area contributed by atoms with E-state index in [2.05, 4.69) is 41.6 Å². The molecule has 4 aliphatic heterocycles. The van der Waals surface area contributed by atoms with Crippen molar-refractivity contribution in [2.45, 2.75) is 196 Å². The fourth-order valence-electron chi connectivity index (χ4n) is 10.7. The Kier molecular flexibility index (Phi) is 23.3. The first-order chi connectivity index (χ1) is 39.5. The van der Waals surface area contributed by atoms with Crippen LogP contribution in [0.3, 0.4) is 0 Å². The van der Waals surface area contributed by atoms with Crippen molar-refractivity contribution in [1.29, 1.82) is 10.8 Å². The van der Waals surface area contributed by atoms with Crippen LogP contribution in [0.1, 0.15) is 13.8 Å². The third-order valence-corrected chi connectivity index (χ3v) is 15.3. The number of likely N-dealkylation sites (N-methyl/N-ethyl adjacent to an activating group) is 2. The topological polar surface area (TPSA) is 677 Å². The van der Waals surface area contributed by atoms with Crippen LogP contribution >= 0.6 is 0 Å². The second-order valence-corrected chi connectivity index (χ2v) is 20.8. The van der Waals surface area contributed by atoms with Gasteiger partial charge in [-0.2, -0.15) is 0 Å². The van der Waals surface area contributed by atoms with Crippen LogP contribution in [0.5, 0.6) is 0 Å². The number of aliphatic imine (C=N–C) groups is 2. The van der Waals surface area contributed by atoms with Gasteiger partial charge in [-0.05, 0) is 27.9 Å². The Bertz CT molecular complexity index is 2140. The first-order valence-corrected chi connectivity index (χ1v) is 26.3. The Morgan fingerprint density at radius 1 is 0.488 bits per heavy atom. The summed E-state index contributed by atoms with van der Waals surface area (Å²) in [6, 6.07) is -8.83. The van der Waals surface area contributed by atoms with E-state index >= 15 is 0 Å². The van der Waals surface area contributed by atoms with Crippen LogP contribution in [0.2, 0.25) is 0 Å². The van der Waals surface area contributed by atoms with Crippen LogP contribution in [0, 0.1) is 10.8 Å². The smallest absolute Gasteiger partial charge is 0.188 e. The molecule has 6 rings (SSSR count). The van der Waals surface area contributed by atoms with Gasteiger partial charge in [0, 0.05) is 0 Å². The molecule has 84 heavy (non-hydrogen) atoms. The molecule has 0 aromatic rings. The van der Waals surface area contributed by atoms with Crippen molar-refractivity contribution >= 4 is 36.3 Å². The van der Waals surface area contributed by atoms with Gasteiger partial charge in [-0.25, -0.2) is 9.98 Å². The predicted molar refractivity (Wildman–Crippen MR) is 281 cm³/mol. The third-order valence-electron chi connectivity index (χ3n) is 15.3. The fraction of sp³-hybridized carbons (Fsp3) is 0.864. The molecule has 40 heteroatoms. The van der Waals surface area contributed by atoms with Gasteiger partial charge in [0.1, 0.15) is 110 Å². The van der Waals surface area contributed by atoms with Gasteiger partial charge in [-0.15, -0.1) is 0 Å². The van der Waals surface area contributed by atoms with Gasteiger partial charge in [0.25, 0.3) is 0 Å². The van der Waals surface area contributed by atoms with Gasteiger partial charge in [-0.1, -0.05) is 10.3 Å². The number of aliphatic hydroxyl groups excluding tert-OH is 12. The van der Waals surface area contributed by atoms with E-state index in [0.29, 0.717) is 0 Å². The number of hydrogen-bond acceptors (Lipinski definition) is 32. The molecular formula is C44H82N16O24. The Balaban J connectivity index is 1.23. The highest BCUT2D eigenvalue weighted by Crippen LogP contribution is 2.41. The maximum absolute atomic E-state index is 12.4. The highest BCUT2D eigenvalue weighted by atomic mass is 16.8. The molecule has 6 fully saturated rings. The summed E-state index contributed by atoms with van der Waals surface area (Å²) >= 11 is 0. The van der Waals surface area contributed by atoms with Crippen LogP contribution in [-0.4, -0.2) is 331 Å². The Morgan fingerprint density at radius 2 is 0.833 bits per heavy atom. The maximum Gasteiger partial charge on any atom is 0.188 e. The lowest BCUT2D eigenvalue weighted by atomic mass is 9.81. The lowest BCUT2D eigenvalue weighted by Crippen LogP contribution is -2.70. The molecule has 32 N–H and O–H groups in total. The highest BCUT2D eigenvalue weighted by molar-refractivity contribution is 5.77. The van der Waals surface area contributed by atoms with Gasteiger partial charge in [0.05, 0.1) is 62.0 Å². The molecule has 482 valence electrons. The number of ether oxygens (including phenoxy) is 8. The standard InChI is InChI=1S/C44H82N16O24/c1-11-43(73,33(83-35-19(53-3)27(69)21(63)13(7-61)79-35)37(77-11)81-31-17(59-41(49)50)23(65)15(57-39(45)46)25(67)29(31)71)9-55-75-5-6-76-56-10-44(74)12(2)78-38(34(44)84-36-20(54-4)28(70)22(64)14(8-62)80-36)82-32-18(60-42(51)52)24(66)16(58-40(47)48)26(68)30(32)72/h9-38,53-54,61-74H,5-8H2,1-4H3,(H4,45,46,57)(H4,47,48,58)(H4,49,50,59)(H4,51,52,60). The molecule has 30 atom stereocenters. The lowest BCUT2D eigenvalue weighted by molar-refractivity contribution is -0.313. The molecule has 30 unspecified atom stereocenters. The van der Waals surface area contributed by atoms with E-state index in [9.17, 15) is 71.5 Å². The first kappa shape index (κ1) is 68.2. The third kappa shape index (κ3) is 14.4. The largest absolute Gasteiger partial charge is 0.394 e. The Morgan fingerprint density at radius 3 is 1.13 bits per heavy atom. The number of nitrogens with one attached hydrogen (secondary N) is 6. The minimum Gasteiger partial charge on any atom is -0.394 e. The van der Waals surface area contributed by atoms with Crippen LogP contribution in [0.4, 0.5) is 0 Å². The average Bonchev–Trinajstić information content (AvgIpc) is 2.35. The second kappa shape index (κ2) is 28.7. The number of guanidine groups is 4. The van der Waals surface area contributed by atoms with Crippen LogP contribution in [0.25, 0.3) is 0 Å². The van der Waals surface area contributed by atoms with E-state index in [4.69, 9.17) is 92.8 Å². The van der Waals surface area contributed by atoms with Crippen molar-refractivity contribution in [3.63, 3.8) is 0 Å². The number of nitrogens with two attached hydrogens (primary N) is 6. The summed E-state index contributed by atoms with van der Waals surface area (Å²) in [6.45, 7) is 0.0788. The van der Waals surface area contributed by atoms with E-state index in [1.807, 2.05) is 0 Å². The van der Waals surface area contributed by atoms with Crippen molar-refractivity contribution < 1.29 is 119 Å². The number of hydrogen-bond donors (Lipinski definition) is 26. The number of oxime groups is 2. The molecule has 0 aromatic carbocycles. The SMILES string of the molecule is CNC1C(OC2C(OC3C(O)C(O)C(N=C(N)N)C(O)C3NC(=N)N)OC(C)C2(O)C=NOCCON=CC2(O)C(C)OC(OC3C(O)C(O)C(N=C(N)N)C(O)C3NC(=N)N)C2OC2OC(CO)C(O)C(O)C2NC)OC(CO)C(O)C1O. The van der Waals surface area contributed by atoms with E-state index < -0.39 is 233 Å². The van der Waals surface area contributed by atoms with Gasteiger partial charge >= 0.3 is 0 Å². The van der Waals surface area contributed by atoms with Crippen molar-refractivity contribution in [2.75, 3.05) is 40.5 Å². The Hall–Kier alpha value is -4.94. The average molecular weight is 1220 g/mol. The van der Waals surface area contributed by atoms with E-state index in [1.165, 1.54) is 27.9 Å². The van der Waals surface area contributed by atoms with Crippen molar-refractivity contribution in [3.8, 4) is 0 Å². The molecule has 0 amide bonds.